The van der Waals surface area contributed by atoms with Gasteiger partial charge in [0.25, 0.3) is 0 Å². The summed E-state index contributed by atoms with van der Waals surface area (Å²) < 4.78 is 0. The van der Waals surface area contributed by atoms with Gasteiger partial charge in [0.2, 0.25) is 5.78 Å². The first kappa shape index (κ1) is 25.4. The molecule has 1 heterocycles. The molecule has 1 aromatic heterocycles. The molecule has 0 radical (unpaired) electrons. The maximum absolute atomic E-state index is 13.0. The van der Waals surface area contributed by atoms with Gasteiger partial charge in [0.05, 0.1) is 11.8 Å². The van der Waals surface area contributed by atoms with Gasteiger partial charge < -0.3 is 10.1 Å². The molecule has 186 valence electrons. The van der Waals surface area contributed by atoms with Gasteiger partial charge >= 0.3 is 0 Å². The number of carbonyl (C=O) groups excluding carboxylic acids is 1. The fourth-order valence-corrected chi connectivity index (χ4v) is 6.69. The third-order valence-corrected chi connectivity index (χ3v) is 7.78. The Labute approximate surface area is 209 Å². The van der Waals surface area contributed by atoms with Gasteiger partial charge in [-0.2, -0.15) is 5.26 Å². The lowest BCUT2D eigenvalue weighted by Crippen LogP contribution is -2.44. The third kappa shape index (κ3) is 5.59. The fraction of sp³-hybridized carbons (Fsp3) is 0.567. The number of ketones is 1. The molecular weight excluding hydrogens is 434 g/mol. The fourth-order valence-electron chi connectivity index (χ4n) is 6.69. The highest BCUT2D eigenvalue weighted by Crippen LogP contribution is 2.54. The molecule has 5 heteroatoms. The summed E-state index contributed by atoms with van der Waals surface area (Å²) in [5.41, 5.74) is 3.93. The quantitative estimate of drug-likeness (QED) is 0.471. The number of hydrogen-bond acceptors (Lipinski definition) is 4. The standard InChI is InChI=1S/C30H39N3O2/c1-27(2)11-9-20(10-12-27)24-14-22(30(35)18-28(3,4)17-29(5,6)19-30)8-7-21(24)13-25(34)26-32-16-23(15-31)33-26/h7-9,14,16,35H,10-13,17-19H2,1-6H3,(H,32,33). The second kappa shape index (κ2) is 8.75. The van der Waals surface area contributed by atoms with E-state index in [1.807, 2.05) is 18.2 Å². The molecule has 0 saturated heterocycles. The van der Waals surface area contributed by atoms with Crippen LogP contribution in [0.5, 0.6) is 0 Å². The average Bonchev–Trinajstić information content (AvgIpc) is 3.21. The Bertz CT molecular complexity index is 1190. The van der Waals surface area contributed by atoms with Crippen LogP contribution >= 0.6 is 0 Å². The lowest BCUT2D eigenvalue weighted by molar-refractivity contribution is -0.0913. The van der Waals surface area contributed by atoms with Gasteiger partial charge in [-0.15, -0.1) is 0 Å². The normalized spacial score (nSPS) is 22.2. The average molecular weight is 474 g/mol. The highest BCUT2D eigenvalue weighted by atomic mass is 16.3. The van der Waals surface area contributed by atoms with E-state index in [-0.39, 0.29) is 40.0 Å². The molecule has 1 aromatic carbocycles. The SMILES string of the molecule is CC1(C)CC=C(c2cc(C3(O)CC(C)(C)CC(C)(C)C3)ccc2CC(=O)c2ncc(C#N)[nH]2)CC1. The maximum Gasteiger partial charge on any atom is 0.202 e. The second-order valence-corrected chi connectivity index (χ2v) is 13.2. The zero-order valence-electron chi connectivity index (χ0n) is 22.1. The molecular formula is C30H39N3O2. The summed E-state index contributed by atoms with van der Waals surface area (Å²) in [6.07, 6.45) is 9.46. The van der Waals surface area contributed by atoms with Crippen LogP contribution in [0.4, 0.5) is 0 Å². The molecule has 5 nitrogen and oxygen atoms in total. The van der Waals surface area contributed by atoms with Crippen LogP contribution in [-0.2, 0) is 12.0 Å². The molecule has 2 aliphatic rings. The summed E-state index contributed by atoms with van der Waals surface area (Å²) in [4.78, 5) is 19.9. The zero-order chi connectivity index (χ0) is 25.6. The van der Waals surface area contributed by atoms with E-state index in [9.17, 15) is 9.90 Å². The molecule has 0 bridgehead atoms. The van der Waals surface area contributed by atoms with Crippen molar-refractivity contribution in [1.29, 1.82) is 5.26 Å². The number of carbonyl (C=O) groups is 1. The lowest BCUT2D eigenvalue weighted by Gasteiger charge is -2.50. The predicted octanol–water partition coefficient (Wildman–Crippen LogP) is 6.72. The largest absolute Gasteiger partial charge is 0.385 e. The number of nitriles is 1. The Morgan fingerprint density at radius 1 is 1.09 bits per heavy atom. The van der Waals surface area contributed by atoms with Crippen molar-refractivity contribution in [2.45, 2.75) is 92.1 Å². The van der Waals surface area contributed by atoms with E-state index in [2.05, 4.69) is 63.7 Å². The first-order chi connectivity index (χ1) is 16.2. The minimum atomic E-state index is -0.903. The molecule has 4 rings (SSSR count). The van der Waals surface area contributed by atoms with Crippen molar-refractivity contribution in [2.75, 3.05) is 0 Å². The van der Waals surface area contributed by atoms with E-state index in [0.717, 1.165) is 55.2 Å². The van der Waals surface area contributed by atoms with Gasteiger partial charge in [-0.05, 0) is 83.1 Å². The van der Waals surface area contributed by atoms with E-state index in [0.29, 0.717) is 0 Å². The molecule has 0 atom stereocenters. The van der Waals surface area contributed by atoms with Gasteiger partial charge in [0.1, 0.15) is 11.8 Å². The van der Waals surface area contributed by atoms with Crippen LogP contribution in [0.2, 0.25) is 0 Å². The minimum absolute atomic E-state index is 0.0389. The molecule has 0 aliphatic heterocycles. The van der Waals surface area contributed by atoms with Crippen LogP contribution in [0.25, 0.3) is 5.57 Å². The van der Waals surface area contributed by atoms with Crippen LogP contribution in [-0.4, -0.2) is 20.9 Å². The van der Waals surface area contributed by atoms with Gasteiger partial charge in [-0.1, -0.05) is 59.8 Å². The lowest BCUT2D eigenvalue weighted by atomic mass is 9.58. The number of nitrogens with zero attached hydrogens (tertiary/aromatic N) is 2. The highest BCUT2D eigenvalue weighted by Gasteiger charge is 2.47. The van der Waals surface area contributed by atoms with Crippen LogP contribution in [0, 0.1) is 27.6 Å². The third-order valence-electron chi connectivity index (χ3n) is 7.78. The molecule has 2 N–H and O–H groups in total. The summed E-state index contributed by atoms with van der Waals surface area (Å²) in [6, 6.07) is 8.17. The molecule has 1 fully saturated rings. The molecule has 1 saturated carbocycles. The van der Waals surface area contributed by atoms with Crippen molar-refractivity contribution in [3.05, 3.63) is 58.7 Å². The van der Waals surface area contributed by atoms with Crippen molar-refractivity contribution in [1.82, 2.24) is 9.97 Å². The summed E-state index contributed by atoms with van der Waals surface area (Å²) in [7, 11) is 0. The van der Waals surface area contributed by atoms with E-state index in [1.165, 1.54) is 11.8 Å². The molecule has 2 aromatic rings. The van der Waals surface area contributed by atoms with Crippen molar-refractivity contribution < 1.29 is 9.90 Å². The molecule has 35 heavy (non-hydrogen) atoms. The van der Waals surface area contributed by atoms with Crippen molar-refractivity contribution in [2.24, 2.45) is 16.2 Å². The van der Waals surface area contributed by atoms with Crippen molar-refractivity contribution in [3.8, 4) is 6.07 Å². The monoisotopic (exact) mass is 473 g/mol. The number of nitrogens with one attached hydrogen (secondary N) is 1. The Morgan fingerprint density at radius 3 is 2.34 bits per heavy atom. The molecule has 2 aliphatic carbocycles. The number of aromatic nitrogens is 2. The Balaban J connectivity index is 1.74. The molecule has 0 amide bonds. The number of rotatable bonds is 5. The Kier molecular flexibility index (Phi) is 6.34. The highest BCUT2D eigenvalue weighted by molar-refractivity contribution is 5.95. The summed E-state index contributed by atoms with van der Waals surface area (Å²) >= 11 is 0. The number of hydrogen-bond donors (Lipinski definition) is 2. The molecule has 0 unspecified atom stereocenters. The number of Topliss-reactive ketones (excluding diaryl/α,β-unsaturated/α-hetero) is 1. The molecule has 0 spiro atoms. The summed E-state index contributed by atoms with van der Waals surface area (Å²) in [5.74, 6) is 0.0700. The smallest absolute Gasteiger partial charge is 0.202 e. The Hall–Kier alpha value is -2.71. The van der Waals surface area contributed by atoms with Gasteiger partial charge in [-0.25, -0.2) is 4.98 Å². The first-order valence-corrected chi connectivity index (χ1v) is 12.7. The van der Waals surface area contributed by atoms with Crippen LogP contribution in [0.1, 0.15) is 113 Å². The minimum Gasteiger partial charge on any atom is -0.385 e. The Morgan fingerprint density at radius 2 is 1.77 bits per heavy atom. The van der Waals surface area contributed by atoms with Gasteiger partial charge in [0, 0.05) is 6.42 Å². The summed E-state index contributed by atoms with van der Waals surface area (Å²) in [5, 5.41) is 21.0. The first-order valence-electron chi connectivity index (χ1n) is 12.7. The van der Waals surface area contributed by atoms with Crippen molar-refractivity contribution >= 4 is 11.4 Å². The van der Waals surface area contributed by atoms with Crippen LogP contribution in [0.15, 0.2) is 30.5 Å². The van der Waals surface area contributed by atoms with Gasteiger partial charge in [0.15, 0.2) is 5.82 Å². The topological polar surface area (TPSA) is 89.8 Å². The van der Waals surface area contributed by atoms with Crippen LogP contribution in [0.3, 0.4) is 0 Å². The van der Waals surface area contributed by atoms with E-state index in [1.54, 1.807) is 0 Å². The van der Waals surface area contributed by atoms with E-state index < -0.39 is 5.60 Å². The van der Waals surface area contributed by atoms with E-state index in [4.69, 9.17) is 5.26 Å². The number of benzene rings is 1. The van der Waals surface area contributed by atoms with Gasteiger partial charge in [-0.3, -0.25) is 4.79 Å². The summed E-state index contributed by atoms with van der Waals surface area (Å²) in [6.45, 7) is 13.6. The van der Waals surface area contributed by atoms with E-state index >= 15 is 0 Å². The number of aliphatic hydroxyl groups is 1. The predicted molar refractivity (Wildman–Crippen MR) is 139 cm³/mol. The second-order valence-electron chi connectivity index (χ2n) is 13.2. The van der Waals surface area contributed by atoms with Crippen LogP contribution < -0.4 is 0 Å². The number of H-pyrrole nitrogens is 1. The zero-order valence-corrected chi connectivity index (χ0v) is 22.1. The maximum atomic E-state index is 13.0. The number of imidazole rings is 1. The number of aromatic amines is 1. The van der Waals surface area contributed by atoms with Crippen molar-refractivity contribution in [3.63, 3.8) is 0 Å². The number of allylic oxidation sites excluding steroid dienone is 2.